The van der Waals surface area contributed by atoms with E-state index >= 15 is 0 Å². The molecule has 0 amide bonds. The van der Waals surface area contributed by atoms with E-state index in [9.17, 15) is 9.90 Å². The van der Waals surface area contributed by atoms with Crippen molar-refractivity contribution >= 4 is 5.97 Å². The van der Waals surface area contributed by atoms with Gasteiger partial charge < -0.3 is 5.11 Å². The molecule has 148 valence electrons. The lowest BCUT2D eigenvalue weighted by Crippen LogP contribution is -2.33. The monoisotopic (exact) mass is 387 g/mol. The molecule has 0 aliphatic carbocycles. The highest BCUT2D eigenvalue weighted by atomic mass is 16.4. The van der Waals surface area contributed by atoms with Gasteiger partial charge in [-0.05, 0) is 54.6 Å². The molecule has 3 aromatic rings. The molecule has 1 aromatic heterocycles. The van der Waals surface area contributed by atoms with E-state index in [1.807, 2.05) is 30.5 Å². The Morgan fingerprint density at radius 3 is 2.69 bits per heavy atom. The molecule has 1 saturated heterocycles. The third kappa shape index (κ3) is 4.20. The molecule has 0 saturated carbocycles. The van der Waals surface area contributed by atoms with Crippen LogP contribution in [0.15, 0.2) is 61.1 Å². The molecule has 0 radical (unpaired) electrons. The molecule has 4 rings (SSSR count). The standard InChI is InChI=1S/C24H25N3O2/c1-17-14-25-16-26-23(17)22-8-4-5-13-27(22)15-18-9-11-19(12-10-18)20-6-2-3-7-21(20)24(28)29/h2-3,6-7,9-12,14,16,22H,4-5,8,13,15H2,1H3,(H,28,29)/t22-/m0/s1. The second kappa shape index (κ2) is 8.53. The minimum absolute atomic E-state index is 0.319. The third-order valence-corrected chi connectivity index (χ3v) is 5.67. The number of benzene rings is 2. The van der Waals surface area contributed by atoms with Crippen LogP contribution in [0.2, 0.25) is 0 Å². The van der Waals surface area contributed by atoms with Gasteiger partial charge in [-0.1, -0.05) is 48.9 Å². The maximum absolute atomic E-state index is 11.5. The molecule has 29 heavy (non-hydrogen) atoms. The van der Waals surface area contributed by atoms with Crippen LogP contribution in [0.25, 0.3) is 11.1 Å². The van der Waals surface area contributed by atoms with Crippen molar-refractivity contribution < 1.29 is 9.90 Å². The number of hydrogen-bond acceptors (Lipinski definition) is 4. The van der Waals surface area contributed by atoms with E-state index < -0.39 is 5.97 Å². The Balaban J connectivity index is 1.55. The average molecular weight is 387 g/mol. The summed E-state index contributed by atoms with van der Waals surface area (Å²) in [5, 5.41) is 9.44. The van der Waals surface area contributed by atoms with Crippen molar-refractivity contribution in [3.05, 3.63) is 83.4 Å². The predicted molar refractivity (Wildman–Crippen MR) is 113 cm³/mol. The number of aromatic carboxylic acids is 1. The fourth-order valence-electron chi connectivity index (χ4n) is 4.19. The van der Waals surface area contributed by atoms with Crippen molar-refractivity contribution in [1.29, 1.82) is 0 Å². The summed E-state index contributed by atoms with van der Waals surface area (Å²) in [6, 6.07) is 15.7. The molecule has 1 aliphatic heterocycles. The molecule has 2 aromatic carbocycles. The van der Waals surface area contributed by atoms with Crippen molar-refractivity contribution in [2.24, 2.45) is 0 Å². The van der Waals surface area contributed by atoms with Crippen LogP contribution in [-0.2, 0) is 6.54 Å². The van der Waals surface area contributed by atoms with Crippen LogP contribution in [0.4, 0.5) is 0 Å². The number of aryl methyl sites for hydroxylation is 1. The molecule has 5 heteroatoms. The summed E-state index contributed by atoms with van der Waals surface area (Å²) in [4.78, 5) is 22.7. The second-order valence-corrected chi connectivity index (χ2v) is 7.62. The summed E-state index contributed by atoms with van der Waals surface area (Å²) in [6.45, 7) is 3.99. The van der Waals surface area contributed by atoms with E-state index in [4.69, 9.17) is 0 Å². The Labute approximate surface area is 171 Å². The molecule has 0 bridgehead atoms. The molecular weight excluding hydrogens is 362 g/mol. The van der Waals surface area contributed by atoms with Gasteiger partial charge in [0.05, 0.1) is 17.3 Å². The molecule has 0 spiro atoms. The highest BCUT2D eigenvalue weighted by molar-refractivity contribution is 5.95. The summed E-state index contributed by atoms with van der Waals surface area (Å²) >= 11 is 0. The number of likely N-dealkylation sites (tertiary alicyclic amines) is 1. The summed E-state index contributed by atoms with van der Waals surface area (Å²) in [6.07, 6.45) is 7.07. The normalized spacial score (nSPS) is 17.2. The maximum atomic E-state index is 11.5. The van der Waals surface area contributed by atoms with Gasteiger partial charge in [0, 0.05) is 12.7 Å². The Morgan fingerprint density at radius 2 is 1.93 bits per heavy atom. The van der Waals surface area contributed by atoms with Crippen LogP contribution >= 0.6 is 0 Å². The van der Waals surface area contributed by atoms with Gasteiger partial charge in [0.1, 0.15) is 6.33 Å². The predicted octanol–water partition coefficient (Wildman–Crippen LogP) is 4.88. The summed E-state index contributed by atoms with van der Waals surface area (Å²) in [5.74, 6) is -0.902. The van der Waals surface area contributed by atoms with Crippen LogP contribution in [0.5, 0.6) is 0 Å². The molecule has 5 nitrogen and oxygen atoms in total. The average Bonchev–Trinajstić information content (AvgIpc) is 2.75. The SMILES string of the molecule is Cc1cncnc1[C@@H]1CCCCN1Cc1ccc(-c2ccccc2C(=O)O)cc1. The summed E-state index contributed by atoms with van der Waals surface area (Å²) in [7, 11) is 0. The van der Waals surface area contributed by atoms with Gasteiger partial charge in [0.2, 0.25) is 0 Å². The van der Waals surface area contributed by atoms with E-state index in [0.717, 1.165) is 41.9 Å². The molecule has 1 atom stereocenters. The van der Waals surface area contributed by atoms with Gasteiger partial charge in [-0.3, -0.25) is 4.90 Å². The molecule has 1 fully saturated rings. The van der Waals surface area contributed by atoms with Crippen molar-refractivity contribution in [2.75, 3.05) is 6.54 Å². The van der Waals surface area contributed by atoms with Crippen LogP contribution < -0.4 is 0 Å². The summed E-state index contributed by atoms with van der Waals surface area (Å²) in [5.41, 5.74) is 5.50. The first-order valence-corrected chi connectivity index (χ1v) is 10.1. The quantitative estimate of drug-likeness (QED) is 0.676. The van der Waals surface area contributed by atoms with Gasteiger partial charge in [-0.25, -0.2) is 14.8 Å². The first-order chi connectivity index (χ1) is 14.1. The van der Waals surface area contributed by atoms with Crippen LogP contribution in [0.1, 0.15) is 52.5 Å². The van der Waals surface area contributed by atoms with E-state index in [-0.39, 0.29) is 0 Å². The number of aromatic nitrogens is 2. The second-order valence-electron chi connectivity index (χ2n) is 7.62. The lowest BCUT2D eigenvalue weighted by atomic mass is 9.95. The van der Waals surface area contributed by atoms with Crippen molar-refractivity contribution in [1.82, 2.24) is 14.9 Å². The third-order valence-electron chi connectivity index (χ3n) is 5.67. The van der Waals surface area contributed by atoms with Crippen molar-refractivity contribution in [3.8, 4) is 11.1 Å². The largest absolute Gasteiger partial charge is 0.478 e. The van der Waals surface area contributed by atoms with Crippen LogP contribution in [0.3, 0.4) is 0 Å². The smallest absolute Gasteiger partial charge is 0.336 e. The Hall–Kier alpha value is -3.05. The molecule has 2 heterocycles. The Kier molecular flexibility index (Phi) is 5.67. The van der Waals surface area contributed by atoms with Gasteiger partial charge >= 0.3 is 5.97 Å². The minimum atomic E-state index is -0.902. The fraction of sp³-hybridized carbons (Fsp3) is 0.292. The first kappa shape index (κ1) is 19.3. The van der Waals surface area contributed by atoms with Gasteiger partial charge in [-0.15, -0.1) is 0 Å². The topological polar surface area (TPSA) is 66.3 Å². The number of carbonyl (C=O) groups is 1. The highest BCUT2D eigenvalue weighted by Crippen LogP contribution is 2.33. The zero-order valence-electron chi connectivity index (χ0n) is 16.6. The number of carboxylic acids is 1. The number of hydrogen-bond donors (Lipinski definition) is 1. The van der Waals surface area contributed by atoms with Crippen LogP contribution in [-0.4, -0.2) is 32.5 Å². The lowest BCUT2D eigenvalue weighted by molar-refractivity contribution is 0.0697. The van der Waals surface area contributed by atoms with E-state index in [1.165, 1.54) is 18.4 Å². The number of rotatable bonds is 5. The number of nitrogens with zero attached hydrogens (tertiary/aromatic N) is 3. The van der Waals surface area contributed by atoms with E-state index in [2.05, 4.69) is 33.9 Å². The molecule has 1 aliphatic rings. The zero-order valence-corrected chi connectivity index (χ0v) is 16.6. The zero-order chi connectivity index (χ0) is 20.2. The maximum Gasteiger partial charge on any atom is 0.336 e. The fourth-order valence-corrected chi connectivity index (χ4v) is 4.19. The Bertz CT molecular complexity index is 1000. The van der Waals surface area contributed by atoms with Crippen LogP contribution in [0, 0.1) is 6.92 Å². The number of carboxylic acid groups (broad SMARTS) is 1. The molecular formula is C24H25N3O2. The van der Waals surface area contributed by atoms with E-state index in [1.54, 1.807) is 18.5 Å². The first-order valence-electron chi connectivity index (χ1n) is 10.1. The lowest BCUT2D eigenvalue weighted by Gasteiger charge is -2.36. The van der Waals surface area contributed by atoms with Crippen molar-refractivity contribution in [2.45, 2.75) is 38.8 Å². The number of piperidine rings is 1. The highest BCUT2D eigenvalue weighted by Gasteiger charge is 2.26. The summed E-state index contributed by atoms with van der Waals surface area (Å²) < 4.78 is 0. The van der Waals surface area contributed by atoms with Gasteiger partial charge in [-0.2, -0.15) is 0 Å². The Morgan fingerprint density at radius 1 is 1.14 bits per heavy atom. The van der Waals surface area contributed by atoms with Crippen molar-refractivity contribution in [3.63, 3.8) is 0 Å². The van der Waals surface area contributed by atoms with E-state index in [0.29, 0.717) is 11.6 Å². The molecule has 0 unspecified atom stereocenters. The van der Waals surface area contributed by atoms with Gasteiger partial charge in [0.25, 0.3) is 0 Å². The minimum Gasteiger partial charge on any atom is -0.478 e. The van der Waals surface area contributed by atoms with Gasteiger partial charge in [0.15, 0.2) is 0 Å². The molecule has 1 N–H and O–H groups in total.